The molecule has 24 heavy (non-hydrogen) atoms. The highest BCUT2D eigenvalue weighted by Crippen LogP contribution is 2.71. The Bertz CT molecular complexity index is 648. The average Bonchev–Trinajstić information content (AvgIpc) is 3.02. The summed E-state index contributed by atoms with van der Waals surface area (Å²) in [4.78, 5) is 12.0. The summed E-state index contributed by atoms with van der Waals surface area (Å²) in [5.41, 5.74) is 3.89. The molecule has 1 aliphatic heterocycles. The number of rotatable bonds is 1. The van der Waals surface area contributed by atoms with E-state index in [0.717, 1.165) is 36.5 Å². The van der Waals surface area contributed by atoms with Gasteiger partial charge in [-0.1, -0.05) is 19.1 Å². The molecule has 0 aromatic rings. The van der Waals surface area contributed by atoms with Crippen molar-refractivity contribution < 1.29 is 4.79 Å². The van der Waals surface area contributed by atoms with Gasteiger partial charge < -0.3 is 0 Å². The van der Waals surface area contributed by atoms with Crippen LogP contribution in [0, 0.1) is 34.5 Å². The van der Waals surface area contributed by atoms with Crippen LogP contribution in [-0.4, -0.2) is 16.8 Å². The first-order valence-corrected chi connectivity index (χ1v) is 11.0. The van der Waals surface area contributed by atoms with Crippen molar-refractivity contribution in [3.63, 3.8) is 0 Å². The van der Waals surface area contributed by atoms with E-state index in [-0.39, 0.29) is 0 Å². The second-order valence-corrected chi connectivity index (χ2v) is 10.8. The molecule has 4 fully saturated rings. The molecule has 0 aromatic heterocycles. The number of carbonyl (C=O) groups is 1. The highest BCUT2D eigenvalue weighted by Gasteiger charge is 2.63. The zero-order chi connectivity index (χ0) is 16.7. The van der Waals surface area contributed by atoms with Crippen molar-refractivity contribution in [3.05, 3.63) is 23.8 Å². The van der Waals surface area contributed by atoms with Gasteiger partial charge in [0.25, 0.3) is 0 Å². The standard InChI is InChI=1S/C22H30OS/c1-13(2)16-4-5-17-15-11-20-19-10-14(23)6-9-22(19,12-24-20)18(15)7-8-21(16,17)3/h10,15-18,20H,1,4-9,11-12H2,2-3H3/t15?,16?,17?,18?,20-,21-,22+/m1/s1. The topological polar surface area (TPSA) is 17.1 Å². The van der Waals surface area contributed by atoms with Crippen molar-refractivity contribution in [3.8, 4) is 0 Å². The molecule has 5 aliphatic rings. The first-order valence-electron chi connectivity index (χ1n) is 9.97. The molecule has 1 nitrogen and oxygen atoms in total. The molecule has 4 aliphatic carbocycles. The molecular weight excluding hydrogens is 312 g/mol. The molecule has 4 unspecified atom stereocenters. The van der Waals surface area contributed by atoms with Gasteiger partial charge in [-0.3, -0.25) is 4.79 Å². The van der Waals surface area contributed by atoms with Crippen molar-refractivity contribution in [1.29, 1.82) is 0 Å². The predicted molar refractivity (Wildman–Crippen MR) is 101 cm³/mol. The highest BCUT2D eigenvalue weighted by atomic mass is 32.2. The van der Waals surface area contributed by atoms with E-state index < -0.39 is 0 Å². The smallest absolute Gasteiger partial charge is 0.155 e. The number of ketones is 1. The van der Waals surface area contributed by atoms with Gasteiger partial charge in [0.2, 0.25) is 0 Å². The predicted octanol–water partition coefficient (Wildman–Crippen LogP) is 5.42. The number of hydrogen-bond donors (Lipinski definition) is 0. The Kier molecular flexibility index (Phi) is 3.29. The summed E-state index contributed by atoms with van der Waals surface area (Å²) >= 11 is 2.18. The first kappa shape index (κ1) is 15.7. The Labute approximate surface area is 150 Å². The summed E-state index contributed by atoms with van der Waals surface area (Å²) < 4.78 is 0. The fourth-order valence-electron chi connectivity index (χ4n) is 7.85. The third kappa shape index (κ3) is 1.82. The lowest BCUT2D eigenvalue weighted by Gasteiger charge is -2.57. The van der Waals surface area contributed by atoms with Gasteiger partial charge in [0.15, 0.2) is 5.78 Å². The quantitative estimate of drug-likeness (QED) is 0.592. The molecular formula is C22H30OS. The van der Waals surface area contributed by atoms with Gasteiger partial charge in [0.05, 0.1) is 0 Å². The Balaban J connectivity index is 1.54. The van der Waals surface area contributed by atoms with Gasteiger partial charge in [-0.15, -0.1) is 0 Å². The Morgan fingerprint density at radius 3 is 2.88 bits per heavy atom. The van der Waals surface area contributed by atoms with Gasteiger partial charge in [0.1, 0.15) is 0 Å². The number of carbonyl (C=O) groups excluding carboxylic acids is 1. The maximum Gasteiger partial charge on any atom is 0.155 e. The van der Waals surface area contributed by atoms with Crippen molar-refractivity contribution in [1.82, 2.24) is 0 Å². The molecule has 0 aromatic carbocycles. The number of allylic oxidation sites excluding steroid dienone is 1. The second kappa shape index (κ2) is 5.02. The molecule has 130 valence electrons. The lowest BCUT2D eigenvalue weighted by molar-refractivity contribution is -0.117. The van der Waals surface area contributed by atoms with Crippen LogP contribution in [0.2, 0.25) is 0 Å². The summed E-state index contributed by atoms with van der Waals surface area (Å²) in [5, 5.41) is 0.654. The molecule has 5 rings (SSSR count). The third-order valence-corrected chi connectivity index (χ3v) is 10.4. The van der Waals surface area contributed by atoms with Gasteiger partial charge in [-0.25, -0.2) is 0 Å². The minimum absolute atomic E-state index is 0.398. The van der Waals surface area contributed by atoms with E-state index in [0.29, 0.717) is 21.9 Å². The summed E-state index contributed by atoms with van der Waals surface area (Å²) in [5.74, 6) is 5.09. The van der Waals surface area contributed by atoms with Gasteiger partial charge in [0, 0.05) is 22.8 Å². The summed E-state index contributed by atoms with van der Waals surface area (Å²) in [7, 11) is 0. The Morgan fingerprint density at radius 2 is 2.08 bits per heavy atom. The van der Waals surface area contributed by atoms with Gasteiger partial charge in [-0.2, -0.15) is 11.8 Å². The summed E-state index contributed by atoms with van der Waals surface area (Å²) in [6.45, 7) is 9.19. The molecule has 0 amide bonds. The van der Waals surface area contributed by atoms with Crippen LogP contribution in [0.25, 0.3) is 0 Å². The van der Waals surface area contributed by atoms with Crippen molar-refractivity contribution in [2.24, 2.45) is 34.5 Å². The molecule has 7 atom stereocenters. The number of fused-ring (bicyclic) bond motifs is 3. The minimum Gasteiger partial charge on any atom is -0.295 e. The fraction of sp³-hybridized carbons (Fsp3) is 0.773. The highest BCUT2D eigenvalue weighted by molar-refractivity contribution is 8.00. The van der Waals surface area contributed by atoms with E-state index in [1.807, 2.05) is 0 Å². The van der Waals surface area contributed by atoms with E-state index in [2.05, 4.69) is 38.3 Å². The average molecular weight is 343 g/mol. The SMILES string of the molecule is C=C(C)C1CCC2C3C[C@H]4SC[C@@]5(CCC(=O)C=C45)C3CC[C@]12C. The van der Waals surface area contributed by atoms with Crippen molar-refractivity contribution in [2.45, 2.75) is 64.0 Å². The zero-order valence-corrected chi connectivity index (χ0v) is 16.0. The molecule has 0 N–H and O–H groups in total. The van der Waals surface area contributed by atoms with E-state index in [4.69, 9.17) is 0 Å². The van der Waals surface area contributed by atoms with Crippen LogP contribution in [0.4, 0.5) is 0 Å². The molecule has 1 saturated heterocycles. The van der Waals surface area contributed by atoms with Gasteiger partial charge in [-0.05, 0) is 86.2 Å². The van der Waals surface area contributed by atoms with E-state index in [1.165, 1.54) is 43.4 Å². The summed E-state index contributed by atoms with van der Waals surface area (Å²) in [6, 6.07) is 0. The monoisotopic (exact) mass is 342 g/mol. The molecule has 3 saturated carbocycles. The zero-order valence-electron chi connectivity index (χ0n) is 15.1. The Morgan fingerprint density at radius 1 is 1.25 bits per heavy atom. The minimum atomic E-state index is 0.398. The second-order valence-electron chi connectivity index (χ2n) is 9.66. The lowest BCUT2D eigenvalue weighted by Crippen LogP contribution is -2.52. The van der Waals surface area contributed by atoms with Crippen molar-refractivity contribution >= 4 is 17.5 Å². The van der Waals surface area contributed by atoms with E-state index in [1.54, 1.807) is 5.57 Å². The molecule has 2 heteroatoms. The lowest BCUT2D eigenvalue weighted by atomic mass is 9.46. The number of hydrogen-bond acceptors (Lipinski definition) is 2. The third-order valence-electron chi connectivity index (χ3n) is 8.83. The summed E-state index contributed by atoms with van der Waals surface area (Å²) in [6.07, 6.45) is 10.9. The van der Waals surface area contributed by atoms with Crippen LogP contribution in [0.5, 0.6) is 0 Å². The molecule has 1 heterocycles. The fourth-order valence-corrected chi connectivity index (χ4v) is 9.71. The van der Waals surface area contributed by atoms with Gasteiger partial charge >= 0.3 is 0 Å². The molecule has 0 radical (unpaired) electrons. The Hall–Kier alpha value is -0.500. The van der Waals surface area contributed by atoms with Crippen LogP contribution >= 0.6 is 11.8 Å². The van der Waals surface area contributed by atoms with E-state index >= 15 is 0 Å². The largest absolute Gasteiger partial charge is 0.295 e. The normalized spacial score (nSPS) is 52.3. The van der Waals surface area contributed by atoms with Crippen LogP contribution < -0.4 is 0 Å². The van der Waals surface area contributed by atoms with E-state index in [9.17, 15) is 4.79 Å². The van der Waals surface area contributed by atoms with Crippen LogP contribution in [-0.2, 0) is 4.79 Å². The molecule has 0 spiro atoms. The van der Waals surface area contributed by atoms with Crippen molar-refractivity contribution in [2.75, 3.05) is 5.75 Å². The maximum absolute atomic E-state index is 12.0. The van der Waals surface area contributed by atoms with Crippen LogP contribution in [0.3, 0.4) is 0 Å². The number of thioether (sulfide) groups is 1. The molecule has 2 bridgehead atoms. The van der Waals surface area contributed by atoms with Crippen LogP contribution in [0.15, 0.2) is 23.8 Å². The first-order chi connectivity index (χ1) is 11.5. The van der Waals surface area contributed by atoms with Crippen LogP contribution in [0.1, 0.15) is 58.8 Å². The maximum atomic E-state index is 12.0.